The van der Waals surface area contributed by atoms with Gasteiger partial charge >= 0.3 is 0 Å². The molecule has 0 radical (unpaired) electrons. The summed E-state index contributed by atoms with van der Waals surface area (Å²) in [5.41, 5.74) is 8.96. The number of nitrogens with one attached hydrogen (secondary N) is 2. The minimum Gasteiger partial charge on any atom is -0.354 e. The molecule has 2 rings (SSSR count). The molecule has 0 fully saturated rings. The van der Waals surface area contributed by atoms with Crippen LogP contribution in [0.2, 0.25) is 0 Å². The van der Waals surface area contributed by atoms with Crippen LogP contribution in [-0.4, -0.2) is 59.6 Å². The van der Waals surface area contributed by atoms with E-state index in [0.717, 1.165) is 11.1 Å². The molecule has 2 N–H and O–H groups in total. The predicted molar refractivity (Wildman–Crippen MR) is 125 cm³/mol. The van der Waals surface area contributed by atoms with Crippen molar-refractivity contribution in [1.82, 2.24) is 20.7 Å². The zero-order valence-electron chi connectivity index (χ0n) is 16.4. The molecule has 0 saturated carbocycles. The molecule has 2 aromatic rings. The van der Waals surface area contributed by atoms with Crippen LogP contribution in [0.3, 0.4) is 0 Å². The van der Waals surface area contributed by atoms with E-state index in [1.807, 2.05) is 88.9 Å². The third-order valence-electron chi connectivity index (χ3n) is 3.66. The van der Waals surface area contributed by atoms with Crippen molar-refractivity contribution < 1.29 is 0 Å². The van der Waals surface area contributed by atoms with Gasteiger partial charge in [-0.25, -0.2) is 0 Å². The maximum Gasteiger partial charge on any atom is 0.189 e. The molecule has 0 amide bonds. The summed E-state index contributed by atoms with van der Waals surface area (Å²) in [4.78, 5) is 3.56. The topological polar surface area (TPSA) is 55.3 Å². The minimum absolute atomic E-state index is 0.498. The average Bonchev–Trinajstić information content (AvgIpc) is 2.71. The molecule has 0 aliphatic heterocycles. The highest BCUT2D eigenvalue weighted by Crippen LogP contribution is 2.10. The Labute approximate surface area is 176 Å². The van der Waals surface area contributed by atoms with Gasteiger partial charge in [0.2, 0.25) is 0 Å². The molecule has 0 spiro atoms. The van der Waals surface area contributed by atoms with Gasteiger partial charge in [-0.1, -0.05) is 60.7 Å². The van der Waals surface area contributed by atoms with E-state index in [1.165, 1.54) is 0 Å². The Hall–Kier alpha value is -2.84. The van der Waals surface area contributed by atoms with Crippen LogP contribution in [-0.2, 0) is 0 Å². The van der Waals surface area contributed by atoms with E-state index in [1.54, 1.807) is 9.80 Å². The van der Waals surface area contributed by atoms with Crippen molar-refractivity contribution in [3.8, 4) is 0 Å². The third-order valence-corrected chi connectivity index (χ3v) is 4.57. The van der Waals surface area contributed by atoms with E-state index in [-0.39, 0.29) is 0 Å². The van der Waals surface area contributed by atoms with Crippen molar-refractivity contribution >= 4 is 46.1 Å². The summed E-state index contributed by atoms with van der Waals surface area (Å²) in [5.74, 6) is 0. The van der Waals surface area contributed by atoms with Crippen molar-refractivity contribution in [1.29, 1.82) is 0 Å². The van der Waals surface area contributed by atoms with Gasteiger partial charge in [-0.05, 0) is 24.4 Å². The van der Waals surface area contributed by atoms with E-state index in [2.05, 4.69) is 21.1 Å². The monoisotopic (exact) mass is 412 g/mol. The summed E-state index contributed by atoms with van der Waals surface area (Å²) in [6.07, 6.45) is 0. The van der Waals surface area contributed by atoms with Crippen LogP contribution in [0.1, 0.15) is 11.1 Å². The maximum atomic E-state index is 5.31. The molecule has 0 aromatic heterocycles. The summed E-state index contributed by atoms with van der Waals surface area (Å²) >= 11 is 10.6. The lowest BCUT2D eigenvalue weighted by Gasteiger charge is -2.17. The van der Waals surface area contributed by atoms with Crippen molar-refractivity contribution in [3.05, 3.63) is 71.8 Å². The Morgan fingerprint density at radius 2 is 0.964 bits per heavy atom. The fourth-order valence-electron chi connectivity index (χ4n) is 2.11. The second-order valence-corrected chi connectivity index (χ2v) is 7.05. The molecule has 28 heavy (non-hydrogen) atoms. The van der Waals surface area contributed by atoms with Crippen LogP contribution in [0.4, 0.5) is 0 Å². The van der Waals surface area contributed by atoms with Crippen LogP contribution in [0.5, 0.6) is 0 Å². The van der Waals surface area contributed by atoms with E-state index < -0.39 is 0 Å². The molecule has 0 heterocycles. The van der Waals surface area contributed by atoms with Gasteiger partial charge in [0.1, 0.15) is 11.4 Å². The SMILES string of the molecule is CN(C)C(=S)N/N=C(/C(=N/NC(=S)N(C)C)c1ccccc1)c1ccccc1. The highest BCUT2D eigenvalue weighted by molar-refractivity contribution is 7.80. The van der Waals surface area contributed by atoms with Gasteiger partial charge in [-0.15, -0.1) is 0 Å². The predicted octanol–water partition coefficient (Wildman–Crippen LogP) is 2.67. The molecule has 0 saturated heterocycles. The van der Waals surface area contributed by atoms with Crippen molar-refractivity contribution in [2.24, 2.45) is 10.2 Å². The van der Waals surface area contributed by atoms with E-state index in [0.29, 0.717) is 21.6 Å². The van der Waals surface area contributed by atoms with Crippen molar-refractivity contribution in [2.45, 2.75) is 0 Å². The number of hydrogen-bond acceptors (Lipinski definition) is 4. The third kappa shape index (κ3) is 6.11. The normalized spacial score (nSPS) is 11.6. The smallest absolute Gasteiger partial charge is 0.189 e. The number of hydrazone groups is 2. The van der Waals surface area contributed by atoms with E-state index in [4.69, 9.17) is 24.4 Å². The number of nitrogens with zero attached hydrogens (tertiary/aromatic N) is 4. The summed E-state index contributed by atoms with van der Waals surface area (Å²) < 4.78 is 0. The summed E-state index contributed by atoms with van der Waals surface area (Å²) in [6.45, 7) is 0. The Morgan fingerprint density at radius 3 is 1.25 bits per heavy atom. The van der Waals surface area contributed by atoms with Gasteiger partial charge in [0.05, 0.1) is 0 Å². The van der Waals surface area contributed by atoms with Gasteiger partial charge in [0, 0.05) is 39.3 Å². The fraction of sp³-hybridized carbons (Fsp3) is 0.200. The Kier molecular flexibility index (Phi) is 8.03. The van der Waals surface area contributed by atoms with Crippen LogP contribution in [0, 0.1) is 0 Å². The quantitative estimate of drug-likeness (QED) is 0.447. The zero-order valence-corrected chi connectivity index (χ0v) is 18.0. The van der Waals surface area contributed by atoms with Gasteiger partial charge in [-0.3, -0.25) is 10.9 Å². The molecule has 0 unspecified atom stereocenters. The van der Waals surface area contributed by atoms with Crippen LogP contribution in [0.15, 0.2) is 70.9 Å². The van der Waals surface area contributed by atoms with Crippen molar-refractivity contribution in [2.75, 3.05) is 28.2 Å². The molecule has 0 atom stereocenters. The number of thiocarbonyl (C=S) groups is 2. The first-order chi connectivity index (χ1) is 13.4. The van der Waals surface area contributed by atoms with E-state index in [9.17, 15) is 0 Å². The van der Waals surface area contributed by atoms with Crippen LogP contribution < -0.4 is 10.9 Å². The molecule has 0 bridgehead atoms. The van der Waals surface area contributed by atoms with Gasteiger partial charge in [0.25, 0.3) is 0 Å². The molecular weight excluding hydrogens is 388 g/mol. The molecule has 146 valence electrons. The van der Waals surface area contributed by atoms with Gasteiger partial charge in [0.15, 0.2) is 10.2 Å². The first-order valence-corrected chi connectivity index (χ1v) is 9.43. The Balaban J connectivity index is 2.54. The molecule has 0 aliphatic carbocycles. The Morgan fingerprint density at radius 1 is 0.643 bits per heavy atom. The standard InChI is InChI=1S/C20H24N6S2/c1-25(2)19(27)23-21-17(15-11-7-5-8-12-15)18(16-13-9-6-10-14-16)22-24-20(28)26(3)4/h5-14H,1-4H3,(H,23,27)(H,24,28)/b21-17+,22-18+. The fourth-order valence-corrected chi connectivity index (χ4v) is 2.20. The average molecular weight is 413 g/mol. The highest BCUT2D eigenvalue weighted by atomic mass is 32.1. The number of hydrogen-bond donors (Lipinski definition) is 2. The molecule has 2 aromatic carbocycles. The lowest BCUT2D eigenvalue weighted by molar-refractivity contribution is 0.605. The lowest BCUT2D eigenvalue weighted by atomic mass is 10.00. The number of rotatable bonds is 5. The Bertz CT molecular complexity index is 787. The summed E-state index contributed by atoms with van der Waals surface area (Å²) in [7, 11) is 7.43. The zero-order chi connectivity index (χ0) is 20.5. The van der Waals surface area contributed by atoms with Crippen LogP contribution in [0.25, 0.3) is 0 Å². The molecule has 0 aliphatic rings. The van der Waals surface area contributed by atoms with Crippen molar-refractivity contribution in [3.63, 3.8) is 0 Å². The summed E-state index contributed by atoms with van der Waals surface area (Å²) in [5, 5.41) is 10.1. The second kappa shape index (κ2) is 10.5. The van der Waals surface area contributed by atoms with E-state index >= 15 is 0 Å². The molecule has 8 heteroatoms. The first-order valence-electron chi connectivity index (χ1n) is 8.61. The minimum atomic E-state index is 0.498. The molecule has 6 nitrogen and oxygen atoms in total. The second-order valence-electron chi connectivity index (χ2n) is 6.28. The maximum absolute atomic E-state index is 5.31. The highest BCUT2D eigenvalue weighted by Gasteiger charge is 2.16. The first kappa shape index (κ1) is 21.5. The largest absolute Gasteiger partial charge is 0.354 e. The lowest BCUT2D eigenvalue weighted by Crippen LogP contribution is -2.35. The van der Waals surface area contributed by atoms with Gasteiger partial charge < -0.3 is 9.80 Å². The number of benzene rings is 2. The van der Waals surface area contributed by atoms with Gasteiger partial charge in [-0.2, -0.15) is 10.2 Å². The molecular formula is C20H24N6S2. The van der Waals surface area contributed by atoms with Crippen LogP contribution >= 0.6 is 24.4 Å². The summed E-state index contributed by atoms with van der Waals surface area (Å²) in [6, 6.07) is 19.6.